The lowest BCUT2D eigenvalue weighted by molar-refractivity contribution is -0.0361. The zero-order valence-corrected chi connectivity index (χ0v) is 16.4. The van der Waals surface area contributed by atoms with E-state index in [1.165, 1.54) is 12.8 Å². The second kappa shape index (κ2) is 7.51. The third-order valence-electron chi connectivity index (χ3n) is 5.92. The lowest BCUT2D eigenvalue weighted by Crippen LogP contribution is -2.37. The van der Waals surface area contributed by atoms with Crippen LogP contribution in [0.2, 0.25) is 0 Å². The highest BCUT2D eigenvalue weighted by molar-refractivity contribution is 5.52. The van der Waals surface area contributed by atoms with E-state index >= 15 is 0 Å². The first-order valence-electron chi connectivity index (χ1n) is 10.5. The van der Waals surface area contributed by atoms with Gasteiger partial charge < -0.3 is 15.0 Å². The molecular formula is C20H26F2N6O. The topological polar surface area (TPSA) is 68.1 Å². The summed E-state index contributed by atoms with van der Waals surface area (Å²) in [5.41, 5.74) is 1.08. The molecule has 29 heavy (non-hydrogen) atoms. The Hall–Kier alpha value is -2.29. The summed E-state index contributed by atoms with van der Waals surface area (Å²) >= 11 is 0. The van der Waals surface area contributed by atoms with Crippen LogP contribution in [0.15, 0.2) is 18.3 Å². The van der Waals surface area contributed by atoms with Gasteiger partial charge in [-0.2, -0.15) is 15.1 Å². The van der Waals surface area contributed by atoms with Crippen molar-refractivity contribution < 1.29 is 13.5 Å². The molecule has 3 aliphatic rings. The minimum Gasteiger partial charge on any atom is -0.378 e. The molecule has 1 saturated heterocycles. The summed E-state index contributed by atoms with van der Waals surface area (Å²) in [7, 11) is 0. The van der Waals surface area contributed by atoms with Crippen molar-refractivity contribution in [3.05, 3.63) is 24.0 Å². The molecule has 7 nitrogen and oxygen atoms in total. The Bertz CT molecular complexity index is 852. The number of nitrogens with one attached hydrogen (secondary N) is 1. The molecule has 0 aromatic carbocycles. The number of rotatable bonds is 5. The third-order valence-corrected chi connectivity index (χ3v) is 5.92. The maximum Gasteiger partial charge on any atom is 0.254 e. The zero-order chi connectivity index (χ0) is 19.8. The van der Waals surface area contributed by atoms with Crippen LogP contribution in [-0.4, -0.2) is 58.0 Å². The van der Waals surface area contributed by atoms with E-state index < -0.39 is 5.92 Å². The van der Waals surface area contributed by atoms with E-state index in [-0.39, 0.29) is 18.9 Å². The van der Waals surface area contributed by atoms with Gasteiger partial charge in [0.2, 0.25) is 5.92 Å². The van der Waals surface area contributed by atoms with Gasteiger partial charge in [-0.15, -0.1) is 0 Å². The Morgan fingerprint density at radius 2 is 1.83 bits per heavy atom. The molecule has 1 aliphatic heterocycles. The molecule has 156 valence electrons. The van der Waals surface area contributed by atoms with Crippen LogP contribution in [-0.2, 0) is 4.74 Å². The van der Waals surface area contributed by atoms with Crippen LogP contribution >= 0.6 is 0 Å². The number of ether oxygens (including phenoxy) is 1. The zero-order valence-electron chi connectivity index (χ0n) is 16.4. The third kappa shape index (κ3) is 4.34. The van der Waals surface area contributed by atoms with Gasteiger partial charge in [0.05, 0.1) is 18.9 Å². The fourth-order valence-corrected chi connectivity index (χ4v) is 3.99. The van der Waals surface area contributed by atoms with Crippen LogP contribution in [0.5, 0.6) is 0 Å². The predicted octanol–water partition coefficient (Wildman–Crippen LogP) is 3.37. The Morgan fingerprint density at radius 1 is 1.07 bits per heavy atom. The predicted molar refractivity (Wildman–Crippen MR) is 105 cm³/mol. The van der Waals surface area contributed by atoms with E-state index in [1.54, 1.807) is 4.68 Å². The molecule has 0 bridgehead atoms. The van der Waals surface area contributed by atoms with Gasteiger partial charge in [0.25, 0.3) is 5.95 Å². The smallest absolute Gasteiger partial charge is 0.254 e. The van der Waals surface area contributed by atoms with Gasteiger partial charge in [-0.1, -0.05) is 0 Å². The van der Waals surface area contributed by atoms with Gasteiger partial charge in [0, 0.05) is 50.2 Å². The number of morpholine rings is 1. The molecule has 3 heterocycles. The van der Waals surface area contributed by atoms with Crippen molar-refractivity contribution in [3.63, 3.8) is 0 Å². The Morgan fingerprint density at radius 3 is 2.55 bits per heavy atom. The summed E-state index contributed by atoms with van der Waals surface area (Å²) in [4.78, 5) is 11.6. The average molecular weight is 404 g/mol. The lowest BCUT2D eigenvalue weighted by Gasteiger charge is -2.30. The van der Waals surface area contributed by atoms with Crippen LogP contribution in [0.4, 0.5) is 20.4 Å². The van der Waals surface area contributed by atoms with Crippen LogP contribution < -0.4 is 10.2 Å². The minimum absolute atomic E-state index is 0.00504. The molecule has 5 rings (SSSR count). The van der Waals surface area contributed by atoms with E-state index in [0.29, 0.717) is 43.7 Å². The van der Waals surface area contributed by atoms with Crippen LogP contribution in [0.1, 0.15) is 50.1 Å². The van der Waals surface area contributed by atoms with Crippen molar-refractivity contribution in [2.24, 2.45) is 0 Å². The first-order chi connectivity index (χ1) is 14.1. The number of anilines is 2. The Balaban J connectivity index is 1.41. The monoisotopic (exact) mass is 404 g/mol. The van der Waals surface area contributed by atoms with Gasteiger partial charge in [-0.05, 0) is 31.7 Å². The van der Waals surface area contributed by atoms with Gasteiger partial charge in [-0.25, -0.2) is 13.5 Å². The molecule has 2 aliphatic carbocycles. The second-order valence-corrected chi connectivity index (χ2v) is 8.24. The van der Waals surface area contributed by atoms with Crippen molar-refractivity contribution in [2.75, 3.05) is 36.5 Å². The summed E-state index contributed by atoms with van der Waals surface area (Å²) in [6.07, 6.45) is 4.98. The molecule has 0 amide bonds. The largest absolute Gasteiger partial charge is 0.378 e. The van der Waals surface area contributed by atoms with Gasteiger partial charge in [0.15, 0.2) is 0 Å². The number of aromatic nitrogens is 4. The number of hydrogen-bond acceptors (Lipinski definition) is 6. The number of alkyl halides is 2. The highest BCUT2D eigenvalue weighted by Gasteiger charge is 2.35. The minimum atomic E-state index is -2.54. The molecular weight excluding hydrogens is 378 g/mol. The van der Waals surface area contributed by atoms with Crippen LogP contribution in [0.25, 0.3) is 5.95 Å². The fourth-order valence-electron chi connectivity index (χ4n) is 3.99. The highest BCUT2D eigenvalue weighted by Crippen LogP contribution is 2.39. The maximum atomic E-state index is 13.5. The average Bonchev–Trinajstić information content (AvgIpc) is 3.46. The first-order valence-corrected chi connectivity index (χ1v) is 10.5. The quantitative estimate of drug-likeness (QED) is 0.824. The van der Waals surface area contributed by atoms with Crippen molar-refractivity contribution >= 4 is 11.6 Å². The molecule has 0 unspecified atom stereocenters. The molecule has 0 radical (unpaired) electrons. The van der Waals surface area contributed by atoms with E-state index in [1.807, 2.05) is 18.3 Å². The van der Waals surface area contributed by atoms with E-state index in [9.17, 15) is 8.78 Å². The van der Waals surface area contributed by atoms with E-state index in [0.717, 1.165) is 24.6 Å². The summed E-state index contributed by atoms with van der Waals surface area (Å²) in [6, 6.07) is 3.93. The van der Waals surface area contributed by atoms with Crippen molar-refractivity contribution in [2.45, 2.75) is 56.4 Å². The van der Waals surface area contributed by atoms with Gasteiger partial charge in [-0.3, -0.25) is 0 Å². The Kier molecular flexibility index (Phi) is 4.85. The summed E-state index contributed by atoms with van der Waals surface area (Å²) in [5, 5.41) is 8.02. The fraction of sp³-hybridized carbons (Fsp3) is 0.650. The molecule has 2 aromatic rings. The van der Waals surface area contributed by atoms with E-state index in [2.05, 4.69) is 20.3 Å². The number of hydrogen-bond donors (Lipinski definition) is 1. The molecule has 9 heteroatoms. The SMILES string of the molecule is FC1(F)CCC(Nc2cc(N3CCOCC3)nc(-n3ccc(C4CC4)n3)n2)CC1. The summed E-state index contributed by atoms with van der Waals surface area (Å²) < 4.78 is 34.2. The van der Waals surface area contributed by atoms with Gasteiger partial charge >= 0.3 is 0 Å². The van der Waals surface area contributed by atoms with E-state index in [4.69, 9.17) is 9.72 Å². The standard InChI is InChI=1S/C20H26F2N6O/c21-20(22)6-3-15(4-7-20)23-17-13-18(27-9-11-29-12-10-27)25-19(24-17)28-8-5-16(26-28)14-1-2-14/h5,8,13-15H,1-4,6-7,9-12H2,(H,23,24,25). The summed E-state index contributed by atoms with van der Waals surface area (Å²) in [6.45, 7) is 2.84. The van der Waals surface area contributed by atoms with Crippen LogP contribution in [0.3, 0.4) is 0 Å². The molecule has 0 atom stereocenters. The number of nitrogens with zero attached hydrogens (tertiary/aromatic N) is 5. The van der Waals surface area contributed by atoms with Crippen LogP contribution in [0, 0.1) is 0 Å². The Labute approximate surface area is 168 Å². The summed E-state index contributed by atoms with van der Waals surface area (Å²) in [5.74, 6) is -0.00675. The first kappa shape index (κ1) is 18.7. The second-order valence-electron chi connectivity index (χ2n) is 8.24. The molecule has 0 spiro atoms. The van der Waals surface area contributed by atoms with Crippen molar-refractivity contribution in [1.82, 2.24) is 19.7 Å². The van der Waals surface area contributed by atoms with Crippen molar-refractivity contribution in [3.8, 4) is 5.95 Å². The molecule has 2 aromatic heterocycles. The highest BCUT2D eigenvalue weighted by atomic mass is 19.3. The van der Waals surface area contributed by atoms with Crippen molar-refractivity contribution in [1.29, 1.82) is 0 Å². The molecule has 2 saturated carbocycles. The lowest BCUT2D eigenvalue weighted by atomic mass is 9.92. The van der Waals surface area contributed by atoms with Gasteiger partial charge in [0.1, 0.15) is 11.6 Å². The normalized spacial score (nSPS) is 22.6. The maximum absolute atomic E-state index is 13.5. The number of halogens is 2. The molecule has 1 N–H and O–H groups in total. The molecule has 3 fully saturated rings.